The van der Waals surface area contributed by atoms with Gasteiger partial charge in [-0.15, -0.1) is 0 Å². The van der Waals surface area contributed by atoms with Crippen LogP contribution in [0.25, 0.3) is 0 Å². The van der Waals surface area contributed by atoms with Gasteiger partial charge in [0.05, 0.1) is 4.90 Å². The lowest BCUT2D eigenvalue weighted by Crippen LogP contribution is -2.45. The zero-order valence-corrected chi connectivity index (χ0v) is 13.8. The maximum Gasteiger partial charge on any atom is 0.242 e. The molecule has 0 bridgehead atoms. The third kappa shape index (κ3) is 4.57. The predicted molar refractivity (Wildman–Crippen MR) is 84.5 cm³/mol. The average Bonchev–Trinajstić information content (AvgIpc) is 2.44. The van der Waals surface area contributed by atoms with Crippen molar-refractivity contribution in [1.82, 2.24) is 4.72 Å². The molecule has 0 unspecified atom stereocenters. The summed E-state index contributed by atoms with van der Waals surface area (Å²) in [5, 5.41) is 8.81. The molecule has 116 valence electrons. The summed E-state index contributed by atoms with van der Waals surface area (Å²) in [5.74, 6) is 5.22. The van der Waals surface area contributed by atoms with Crippen LogP contribution in [0.15, 0.2) is 23.1 Å². The fourth-order valence-corrected chi connectivity index (χ4v) is 3.58. The maximum atomic E-state index is 12.6. The van der Waals surface area contributed by atoms with Crippen LogP contribution in [0.5, 0.6) is 0 Å². The Kier molecular flexibility index (Phi) is 5.97. The van der Waals surface area contributed by atoms with E-state index in [-0.39, 0.29) is 11.5 Å². The van der Waals surface area contributed by atoms with Gasteiger partial charge >= 0.3 is 0 Å². The number of benzene rings is 1. The third-order valence-corrected chi connectivity index (χ3v) is 5.36. The van der Waals surface area contributed by atoms with Crippen molar-refractivity contribution in [3.63, 3.8) is 0 Å². The predicted octanol–water partition coefficient (Wildman–Crippen LogP) is 2.20. The standard InChI is InChI=1S/C16H23NO3S/c1-5-16(4,6-2)17-21(19,20)15-10-9-13(3)12-14(15)8-7-11-18/h9-10,12,17-18H,5-6,11H2,1-4H3. The molecule has 0 saturated heterocycles. The van der Waals surface area contributed by atoms with Crippen LogP contribution in [-0.4, -0.2) is 25.7 Å². The number of hydrogen-bond acceptors (Lipinski definition) is 3. The van der Waals surface area contributed by atoms with E-state index in [1.807, 2.05) is 27.7 Å². The van der Waals surface area contributed by atoms with Crippen LogP contribution < -0.4 is 4.72 Å². The molecule has 0 radical (unpaired) electrons. The summed E-state index contributed by atoms with van der Waals surface area (Å²) in [4.78, 5) is 0.155. The van der Waals surface area contributed by atoms with E-state index < -0.39 is 15.6 Å². The van der Waals surface area contributed by atoms with Gasteiger partial charge in [-0.3, -0.25) is 0 Å². The maximum absolute atomic E-state index is 12.6. The molecule has 2 N–H and O–H groups in total. The van der Waals surface area contributed by atoms with Gasteiger partial charge in [-0.1, -0.05) is 31.8 Å². The van der Waals surface area contributed by atoms with Crippen LogP contribution >= 0.6 is 0 Å². The van der Waals surface area contributed by atoms with E-state index in [1.165, 1.54) is 0 Å². The molecule has 21 heavy (non-hydrogen) atoms. The lowest BCUT2D eigenvalue weighted by atomic mass is 9.98. The summed E-state index contributed by atoms with van der Waals surface area (Å²) >= 11 is 0. The highest BCUT2D eigenvalue weighted by atomic mass is 32.2. The van der Waals surface area contributed by atoms with Crippen molar-refractivity contribution in [3.8, 4) is 11.8 Å². The molecule has 0 atom stereocenters. The van der Waals surface area contributed by atoms with Gasteiger partial charge < -0.3 is 5.11 Å². The van der Waals surface area contributed by atoms with Gasteiger partial charge in [-0.2, -0.15) is 0 Å². The Morgan fingerprint density at radius 3 is 2.43 bits per heavy atom. The van der Waals surface area contributed by atoms with Gasteiger partial charge in [-0.25, -0.2) is 13.1 Å². The Morgan fingerprint density at radius 2 is 1.90 bits per heavy atom. The second-order valence-corrected chi connectivity index (χ2v) is 6.98. The molecule has 0 aliphatic rings. The normalized spacial score (nSPS) is 11.9. The van der Waals surface area contributed by atoms with Gasteiger partial charge in [-0.05, 0) is 44.4 Å². The number of nitrogens with one attached hydrogen (secondary N) is 1. The molecular formula is C16H23NO3S. The first kappa shape index (κ1) is 17.7. The summed E-state index contributed by atoms with van der Waals surface area (Å²) in [6.45, 7) is 7.36. The van der Waals surface area contributed by atoms with Crippen molar-refractivity contribution in [3.05, 3.63) is 29.3 Å². The second kappa shape index (κ2) is 7.08. The van der Waals surface area contributed by atoms with Crippen molar-refractivity contribution in [2.75, 3.05) is 6.61 Å². The number of aryl methyl sites for hydroxylation is 1. The summed E-state index contributed by atoms with van der Waals surface area (Å²) in [6.07, 6.45) is 1.40. The van der Waals surface area contributed by atoms with Gasteiger partial charge in [0, 0.05) is 11.1 Å². The highest BCUT2D eigenvalue weighted by Crippen LogP contribution is 2.22. The lowest BCUT2D eigenvalue weighted by molar-refractivity contribution is 0.350. The Balaban J connectivity index is 3.32. The first-order valence-corrected chi connectivity index (χ1v) is 8.50. The van der Waals surface area contributed by atoms with Crippen molar-refractivity contribution in [2.45, 2.75) is 51.0 Å². The molecular weight excluding hydrogens is 286 g/mol. The van der Waals surface area contributed by atoms with E-state index in [1.54, 1.807) is 18.2 Å². The van der Waals surface area contributed by atoms with Crippen molar-refractivity contribution < 1.29 is 13.5 Å². The first-order chi connectivity index (χ1) is 9.78. The molecule has 1 aromatic carbocycles. The molecule has 0 spiro atoms. The van der Waals surface area contributed by atoms with Crippen molar-refractivity contribution in [2.24, 2.45) is 0 Å². The number of rotatable bonds is 5. The minimum atomic E-state index is -3.65. The molecule has 0 heterocycles. The van der Waals surface area contributed by atoms with Gasteiger partial charge in [0.2, 0.25) is 10.0 Å². The Labute approximate surface area is 127 Å². The van der Waals surface area contributed by atoms with Gasteiger partial charge in [0.15, 0.2) is 0 Å². The third-order valence-electron chi connectivity index (χ3n) is 3.67. The molecule has 0 fully saturated rings. The smallest absolute Gasteiger partial charge is 0.242 e. The van der Waals surface area contributed by atoms with Gasteiger partial charge in [0.1, 0.15) is 6.61 Å². The minimum Gasteiger partial charge on any atom is -0.384 e. The van der Waals surface area contributed by atoms with E-state index >= 15 is 0 Å². The zero-order chi connectivity index (χ0) is 16.1. The minimum absolute atomic E-state index is 0.155. The Morgan fingerprint density at radius 1 is 1.29 bits per heavy atom. The highest BCUT2D eigenvalue weighted by Gasteiger charge is 2.28. The SMILES string of the molecule is CCC(C)(CC)NS(=O)(=O)c1ccc(C)cc1C#CCO. The summed E-state index contributed by atoms with van der Waals surface area (Å²) < 4.78 is 28.0. The topological polar surface area (TPSA) is 66.4 Å². The number of aliphatic hydroxyl groups excluding tert-OH is 1. The van der Waals surface area contributed by atoms with Crippen LogP contribution in [0, 0.1) is 18.8 Å². The number of hydrogen-bond donors (Lipinski definition) is 2. The molecule has 4 nitrogen and oxygen atoms in total. The van der Waals surface area contributed by atoms with E-state index in [0.717, 1.165) is 5.56 Å². The van der Waals surface area contributed by atoms with E-state index in [2.05, 4.69) is 16.6 Å². The highest BCUT2D eigenvalue weighted by molar-refractivity contribution is 7.89. The summed E-state index contributed by atoms with van der Waals surface area (Å²) in [6, 6.07) is 5.02. The summed E-state index contributed by atoms with van der Waals surface area (Å²) in [7, 11) is -3.65. The lowest BCUT2D eigenvalue weighted by Gasteiger charge is -2.28. The fraction of sp³-hybridized carbons (Fsp3) is 0.500. The zero-order valence-electron chi connectivity index (χ0n) is 13.0. The fourth-order valence-electron chi connectivity index (χ4n) is 1.88. The largest absolute Gasteiger partial charge is 0.384 e. The van der Waals surface area contributed by atoms with Crippen LogP contribution in [0.3, 0.4) is 0 Å². The molecule has 0 aliphatic heterocycles. The van der Waals surface area contributed by atoms with Crippen LogP contribution in [0.1, 0.15) is 44.7 Å². The quantitative estimate of drug-likeness (QED) is 0.819. The van der Waals surface area contributed by atoms with Crippen molar-refractivity contribution in [1.29, 1.82) is 0 Å². The van der Waals surface area contributed by atoms with Crippen LogP contribution in [0.2, 0.25) is 0 Å². The molecule has 0 saturated carbocycles. The Bertz CT molecular complexity index is 650. The van der Waals surface area contributed by atoms with Crippen molar-refractivity contribution >= 4 is 10.0 Å². The molecule has 0 amide bonds. The first-order valence-electron chi connectivity index (χ1n) is 7.02. The number of sulfonamides is 1. The van der Waals surface area contributed by atoms with Gasteiger partial charge in [0.25, 0.3) is 0 Å². The summed E-state index contributed by atoms with van der Waals surface area (Å²) in [5.41, 5.74) is 0.849. The average molecular weight is 309 g/mol. The molecule has 5 heteroatoms. The molecule has 0 aliphatic carbocycles. The van der Waals surface area contributed by atoms with Crippen LogP contribution in [-0.2, 0) is 10.0 Å². The second-order valence-electron chi connectivity index (χ2n) is 5.33. The molecule has 1 rings (SSSR count). The molecule has 0 aromatic heterocycles. The van der Waals surface area contributed by atoms with E-state index in [9.17, 15) is 8.42 Å². The monoisotopic (exact) mass is 309 g/mol. The van der Waals surface area contributed by atoms with E-state index in [4.69, 9.17) is 5.11 Å². The van der Waals surface area contributed by atoms with E-state index in [0.29, 0.717) is 18.4 Å². The van der Waals surface area contributed by atoms with Crippen LogP contribution in [0.4, 0.5) is 0 Å². The Hall–Kier alpha value is -1.35. The number of aliphatic hydroxyl groups is 1. The molecule has 1 aromatic rings.